The quantitative estimate of drug-likeness (QED) is 0.343. The van der Waals surface area contributed by atoms with E-state index in [4.69, 9.17) is 0 Å². The number of hydrogen-bond acceptors (Lipinski definition) is 4. The molecule has 0 aliphatic carbocycles. The lowest BCUT2D eigenvalue weighted by Gasteiger charge is -2.12. The minimum absolute atomic E-state index is 0.0468. The number of carbonyl (C=O) groups is 2. The Hall–Kier alpha value is -0.750. The van der Waals surface area contributed by atoms with Crippen LogP contribution in [0.2, 0.25) is 0 Å². The highest BCUT2D eigenvalue weighted by atomic mass is 32.1. The summed E-state index contributed by atoms with van der Waals surface area (Å²) in [5.74, 6) is 0.917. The summed E-state index contributed by atoms with van der Waals surface area (Å²) in [5.41, 5.74) is 0. The first-order valence-electron chi connectivity index (χ1n) is 6.94. The highest BCUT2D eigenvalue weighted by Gasteiger charge is 2.09. The van der Waals surface area contributed by atoms with Gasteiger partial charge < -0.3 is 16.0 Å². The molecule has 0 heterocycles. The Morgan fingerprint density at radius 3 is 2.37 bits per heavy atom. The fraction of sp³-hybridized carbons (Fsp3) is 0.846. The van der Waals surface area contributed by atoms with Gasteiger partial charge in [-0.15, -0.1) is 0 Å². The van der Waals surface area contributed by atoms with Crippen LogP contribution in [0.3, 0.4) is 0 Å². The Bertz CT molecular complexity index is 262. The Balaban J connectivity index is 3.30. The SMILES string of the molecule is CC(=O)[C@H](C)NC(=O)NCCNCCCCCCS. The second kappa shape index (κ2) is 12.3. The number of ketones is 1. The normalized spacial score (nSPS) is 11.9. The largest absolute Gasteiger partial charge is 0.337 e. The number of unbranched alkanes of at least 4 members (excludes halogenated alkanes) is 3. The first kappa shape index (κ1) is 18.2. The van der Waals surface area contributed by atoms with Crippen LogP contribution in [0.15, 0.2) is 0 Å². The lowest BCUT2D eigenvalue weighted by atomic mass is 10.2. The molecule has 0 aromatic heterocycles. The van der Waals surface area contributed by atoms with Crippen molar-refractivity contribution in [2.45, 2.75) is 45.6 Å². The van der Waals surface area contributed by atoms with Gasteiger partial charge in [-0.05, 0) is 39.0 Å². The molecule has 0 aliphatic rings. The minimum atomic E-state index is -0.431. The molecule has 0 fully saturated rings. The Morgan fingerprint density at radius 1 is 1.05 bits per heavy atom. The number of rotatable bonds is 11. The molecule has 0 aromatic rings. The summed E-state index contributed by atoms with van der Waals surface area (Å²) in [6.45, 7) is 5.41. The summed E-state index contributed by atoms with van der Waals surface area (Å²) in [4.78, 5) is 22.3. The number of urea groups is 1. The predicted octanol–water partition coefficient (Wildman–Crippen LogP) is 1.34. The van der Waals surface area contributed by atoms with Gasteiger partial charge in [0.15, 0.2) is 5.78 Å². The van der Waals surface area contributed by atoms with Gasteiger partial charge in [0.05, 0.1) is 6.04 Å². The summed E-state index contributed by atoms with van der Waals surface area (Å²) >= 11 is 4.16. The van der Waals surface area contributed by atoms with Crippen LogP contribution < -0.4 is 16.0 Å². The van der Waals surface area contributed by atoms with Crippen molar-refractivity contribution >= 4 is 24.4 Å². The Kier molecular flexibility index (Phi) is 11.8. The van der Waals surface area contributed by atoms with Crippen molar-refractivity contribution in [2.24, 2.45) is 0 Å². The van der Waals surface area contributed by atoms with Crippen LogP contribution in [-0.2, 0) is 4.79 Å². The molecule has 112 valence electrons. The van der Waals surface area contributed by atoms with Crippen molar-refractivity contribution in [3.63, 3.8) is 0 Å². The molecule has 0 aromatic carbocycles. The molecule has 6 heteroatoms. The Labute approximate surface area is 121 Å². The smallest absolute Gasteiger partial charge is 0.315 e. The fourth-order valence-electron chi connectivity index (χ4n) is 1.45. The van der Waals surface area contributed by atoms with Crippen molar-refractivity contribution < 1.29 is 9.59 Å². The molecule has 1 atom stereocenters. The highest BCUT2D eigenvalue weighted by Crippen LogP contribution is 1.99. The average molecular weight is 289 g/mol. The molecule has 0 spiro atoms. The third kappa shape index (κ3) is 12.0. The van der Waals surface area contributed by atoms with Crippen LogP contribution in [0.1, 0.15) is 39.5 Å². The number of amides is 2. The molecular weight excluding hydrogens is 262 g/mol. The lowest BCUT2D eigenvalue weighted by Crippen LogP contribution is -2.45. The van der Waals surface area contributed by atoms with Crippen LogP contribution in [0.5, 0.6) is 0 Å². The zero-order valence-corrected chi connectivity index (χ0v) is 12.9. The van der Waals surface area contributed by atoms with Gasteiger partial charge in [-0.25, -0.2) is 4.79 Å². The standard InChI is InChI=1S/C13H27N3O2S/c1-11(12(2)17)16-13(18)15-9-8-14-7-5-3-4-6-10-19/h11,14,19H,3-10H2,1-2H3,(H2,15,16,18)/t11-/m0/s1. The number of nitrogens with one attached hydrogen (secondary N) is 3. The number of carbonyl (C=O) groups excluding carboxylic acids is 2. The van der Waals surface area contributed by atoms with Crippen molar-refractivity contribution in [3.8, 4) is 0 Å². The molecule has 0 saturated heterocycles. The molecule has 0 aliphatic heterocycles. The van der Waals surface area contributed by atoms with Gasteiger partial charge in [0.25, 0.3) is 0 Å². The van der Waals surface area contributed by atoms with Gasteiger partial charge in [0, 0.05) is 13.1 Å². The summed E-state index contributed by atoms with van der Waals surface area (Å²) in [6, 6.07) is -0.724. The van der Waals surface area contributed by atoms with E-state index >= 15 is 0 Å². The maximum atomic E-state index is 11.4. The molecule has 0 unspecified atom stereocenters. The van der Waals surface area contributed by atoms with Crippen molar-refractivity contribution in [1.29, 1.82) is 0 Å². The van der Waals surface area contributed by atoms with E-state index in [0.29, 0.717) is 6.54 Å². The van der Waals surface area contributed by atoms with Crippen LogP contribution in [0.4, 0.5) is 4.79 Å². The van der Waals surface area contributed by atoms with Gasteiger partial charge in [-0.2, -0.15) is 12.6 Å². The molecule has 0 rings (SSSR count). The van der Waals surface area contributed by atoms with Crippen LogP contribution in [-0.4, -0.2) is 43.2 Å². The number of Topliss-reactive ketones (excluding diaryl/α,β-unsaturated/α-hetero) is 1. The average Bonchev–Trinajstić information content (AvgIpc) is 2.36. The van der Waals surface area contributed by atoms with Gasteiger partial charge in [-0.1, -0.05) is 12.8 Å². The van der Waals surface area contributed by atoms with E-state index in [9.17, 15) is 9.59 Å². The molecular formula is C13H27N3O2S. The Morgan fingerprint density at radius 2 is 1.74 bits per heavy atom. The van der Waals surface area contributed by atoms with E-state index in [2.05, 4.69) is 28.6 Å². The summed E-state index contributed by atoms with van der Waals surface area (Å²) in [6.07, 6.45) is 4.78. The molecule has 19 heavy (non-hydrogen) atoms. The van der Waals surface area contributed by atoms with Crippen molar-refractivity contribution in [3.05, 3.63) is 0 Å². The monoisotopic (exact) mass is 289 g/mol. The third-order valence-electron chi connectivity index (χ3n) is 2.81. The lowest BCUT2D eigenvalue weighted by molar-refractivity contribution is -0.118. The molecule has 0 saturated carbocycles. The van der Waals surface area contributed by atoms with Gasteiger partial charge >= 0.3 is 6.03 Å². The van der Waals surface area contributed by atoms with E-state index in [1.165, 1.54) is 26.2 Å². The third-order valence-corrected chi connectivity index (χ3v) is 3.12. The predicted molar refractivity (Wildman–Crippen MR) is 81.9 cm³/mol. The molecule has 3 N–H and O–H groups in total. The zero-order chi connectivity index (χ0) is 14.5. The van der Waals surface area contributed by atoms with Gasteiger partial charge in [-0.3, -0.25) is 4.79 Å². The van der Waals surface area contributed by atoms with E-state index in [1.807, 2.05) is 0 Å². The van der Waals surface area contributed by atoms with E-state index in [-0.39, 0.29) is 11.8 Å². The summed E-state index contributed by atoms with van der Waals surface area (Å²) in [7, 11) is 0. The van der Waals surface area contributed by atoms with Crippen LogP contribution >= 0.6 is 12.6 Å². The van der Waals surface area contributed by atoms with Crippen molar-refractivity contribution in [2.75, 3.05) is 25.4 Å². The van der Waals surface area contributed by atoms with Crippen molar-refractivity contribution in [1.82, 2.24) is 16.0 Å². The maximum Gasteiger partial charge on any atom is 0.315 e. The topological polar surface area (TPSA) is 70.2 Å². The summed E-state index contributed by atoms with van der Waals surface area (Å²) < 4.78 is 0. The van der Waals surface area contributed by atoms with E-state index in [1.54, 1.807) is 6.92 Å². The highest BCUT2D eigenvalue weighted by molar-refractivity contribution is 7.80. The maximum absolute atomic E-state index is 11.4. The minimum Gasteiger partial charge on any atom is -0.337 e. The molecule has 5 nitrogen and oxygen atoms in total. The molecule has 0 radical (unpaired) electrons. The zero-order valence-electron chi connectivity index (χ0n) is 12.0. The number of hydrogen-bond donors (Lipinski definition) is 4. The van der Waals surface area contributed by atoms with Crippen LogP contribution in [0, 0.1) is 0 Å². The van der Waals surface area contributed by atoms with E-state index < -0.39 is 6.04 Å². The number of thiol groups is 1. The van der Waals surface area contributed by atoms with Crippen LogP contribution in [0.25, 0.3) is 0 Å². The fourth-order valence-corrected chi connectivity index (χ4v) is 1.68. The van der Waals surface area contributed by atoms with Gasteiger partial charge in [0.1, 0.15) is 0 Å². The first-order chi connectivity index (χ1) is 9.07. The van der Waals surface area contributed by atoms with E-state index in [0.717, 1.165) is 25.3 Å². The second-order valence-corrected chi connectivity index (χ2v) is 5.07. The summed E-state index contributed by atoms with van der Waals surface area (Å²) in [5, 5.41) is 8.54. The second-order valence-electron chi connectivity index (χ2n) is 4.62. The molecule has 0 bridgehead atoms. The van der Waals surface area contributed by atoms with Gasteiger partial charge in [0.2, 0.25) is 0 Å². The molecule has 2 amide bonds. The first-order valence-corrected chi connectivity index (χ1v) is 7.57.